The van der Waals surface area contributed by atoms with E-state index in [1.807, 2.05) is 6.92 Å². The average Bonchev–Trinajstić information content (AvgIpc) is 2.42. The SMILES string of the molecule is CCN(c1ccccc1F)c1ccc(F)cc1[C@H](C)N. The first-order valence-corrected chi connectivity index (χ1v) is 6.61. The van der Waals surface area contributed by atoms with Crippen LogP contribution >= 0.6 is 0 Å². The Balaban J connectivity index is 2.55. The van der Waals surface area contributed by atoms with E-state index in [0.29, 0.717) is 17.8 Å². The van der Waals surface area contributed by atoms with Gasteiger partial charge in [0.1, 0.15) is 11.6 Å². The zero-order valence-electron chi connectivity index (χ0n) is 11.6. The lowest BCUT2D eigenvalue weighted by molar-refractivity contribution is 0.619. The van der Waals surface area contributed by atoms with E-state index < -0.39 is 0 Å². The van der Waals surface area contributed by atoms with E-state index in [1.165, 1.54) is 18.2 Å². The van der Waals surface area contributed by atoms with Crippen molar-refractivity contribution < 1.29 is 8.78 Å². The third-order valence-corrected chi connectivity index (χ3v) is 3.23. The fourth-order valence-corrected chi connectivity index (χ4v) is 2.28. The molecule has 106 valence electrons. The Morgan fingerprint density at radius 3 is 2.40 bits per heavy atom. The molecular weight excluding hydrogens is 258 g/mol. The summed E-state index contributed by atoms with van der Waals surface area (Å²) in [6.07, 6.45) is 0. The summed E-state index contributed by atoms with van der Waals surface area (Å²) in [5.41, 5.74) is 7.76. The quantitative estimate of drug-likeness (QED) is 0.909. The monoisotopic (exact) mass is 276 g/mol. The second-order valence-electron chi connectivity index (χ2n) is 4.69. The molecule has 0 radical (unpaired) electrons. The van der Waals surface area contributed by atoms with Crippen LogP contribution in [0.2, 0.25) is 0 Å². The molecule has 0 saturated heterocycles. The van der Waals surface area contributed by atoms with Gasteiger partial charge in [-0.1, -0.05) is 12.1 Å². The average molecular weight is 276 g/mol. The summed E-state index contributed by atoms with van der Waals surface area (Å²) >= 11 is 0. The minimum absolute atomic E-state index is 0.311. The van der Waals surface area contributed by atoms with Gasteiger partial charge in [0, 0.05) is 18.3 Å². The van der Waals surface area contributed by atoms with E-state index in [-0.39, 0.29) is 17.7 Å². The Labute approximate surface area is 117 Å². The molecule has 0 amide bonds. The molecule has 0 heterocycles. The van der Waals surface area contributed by atoms with Crippen LogP contribution in [-0.2, 0) is 0 Å². The van der Waals surface area contributed by atoms with Gasteiger partial charge in [-0.05, 0) is 49.7 Å². The van der Waals surface area contributed by atoms with Gasteiger partial charge in [0.05, 0.1) is 5.69 Å². The fraction of sp³-hybridized carbons (Fsp3) is 0.250. The van der Waals surface area contributed by atoms with Crippen molar-refractivity contribution in [2.75, 3.05) is 11.4 Å². The van der Waals surface area contributed by atoms with Crippen molar-refractivity contribution in [3.8, 4) is 0 Å². The van der Waals surface area contributed by atoms with E-state index in [1.54, 1.807) is 36.1 Å². The van der Waals surface area contributed by atoms with Crippen LogP contribution in [0.4, 0.5) is 20.2 Å². The molecule has 4 heteroatoms. The van der Waals surface area contributed by atoms with Gasteiger partial charge >= 0.3 is 0 Å². The first-order chi connectivity index (χ1) is 9.54. The Kier molecular flexibility index (Phi) is 4.35. The standard InChI is InChI=1S/C16H18F2N2/c1-3-20(16-7-5-4-6-14(16)18)15-9-8-12(17)10-13(15)11(2)19/h4-11H,3,19H2,1-2H3/t11-/m0/s1. The van der Waals surface area contributed by atoms with Gasteiger partial charge in [-0.3, -0.25) is 0 Å². The largest absolute Gasteiger partial charge is 0.339 e. The van der Waals surface area contributed by atoms with Gasteiger partial charge in [-0.25, -0.2) is 8.78 Å². The molecule has 2 N–H and O–H groups in total. The van der Waals surface area contributed by atoms with Gasteiger partial charge in [-0.2, -0.15) is 0 Å². The molecule has 0 aliphatic carbocycles. The molecule has 1 atom stereocenters. The van der Waals surface area contributed by atoms with Crippen LogP contribution in [0.15, 0.2) is 42.5 Å². The van der Waals surface area contributed by atoms with Gasteiger partial charge < -0.3 is 10.6 Å². The summed E-state index contributed by atoms with van der Waals surface area (Å²) in [5.74, 6) is -0.653. The number of halogens is 2. The number of nitrogens with zero attached hydrogens (tertiary/aromatic N) is 1. The van der Waals surface area contributed by atoms with Crippen LogP contribution in [0.3, 0.4) is 0 Å². The minimum atomic E-state index is -0.342. The molecule has 0 aromatic heterocycles. The maximum absolute atomic E-state index is 14.0. The predicted octanol–water partition coefficient (Wildman–Crippen LogP) is 4.14. The normalized spacial score (nSPS) is 12.2. The number of rotatable bonds is 4. The van der Waals surface area contributed by atoms with Crippen molar-refractivity contribution in [1.29, 1.82) is 0 Å². The van der Waals surface area contributed by atoms with Crippen LogP contribution in [0, 0.1) is 11.6 Å². The highest BCUT2D eigenvalue weighted by Gasteiger charge is 2.17. The molecule has 2 aromatic carbocycles. The second kappa shape index (κ2) is 6.01. The van der Waals surface area contributed by atoms with E-state index in [9.17, 15) is 8.78 Å². The topological polar surface area (TPSA) is 29.3 Å². The summed E-state index contributed by atoms with van der Waals surface area (Å²) in [5, 5.41) is 0. The van der Waals surface area contributed by atoms with Crippen LogP contribution in [0.1, 0.15) is 25.5 Å². The van der Waals surface area contributed by atoms with Crippen molar-refractivity contribution in [2.24, 2.45) is 5.73 Å². The first kappa shape index (κ1) is 14.5. The third kappa shape index (κ3) is 2.80. The van der Waals surface area contributed by atoms with Gasteiger partial charge in [0.25, 0.3) is 0 Å². The van der Waals surface area contributed by atoms with E-state index >= 15 is 0 Å². The molecule has 2 aromatic rings. The number of benzene rings is 2. The molecule has 0 aliphatic rings. The van der Waals surface area contributed by atoms with Crippen molar-refractivity contribution in [2.45, 2.75) is 19.9 Å². The molecule has 20 heavy (non-hydrogen) atoms. The number of hydrogen-bond donors (Lipinski definition) is 1. The van der Waals surface area contributed by atoms with Crippen molar-refractivity contribution >= 4 is 11.4 Å². The highest BCUT2D eigenvalue weighted by molar-refractivity contribution is 5.67. The van der Waals surface area contributed by atoms with Crippen LogP contribution in [0.5, 0.6) is 0 Å². The molecule has 0 spiro atoms. The summed E-state index contributed by atoms with van der Waals surface area (Å²) < 4.78 is 27.4. The summed E-state index contributed by atoms with van der Waals surface area (Å²) in [7, 11) is 0. The summed E-state index contributed by atoms with van der Waals surface area (Å²) in [4.78, 5) is 1.80. The number of nitrogens with two attached hydrogens (primary N) is 1. The van der Waals surface area contributed by atoms with Crippen molar-refractivity contribution in [3.63, 3.8) is 0 Å². The van der Waals surface area contributed by atoms with E-state index in [4.69, 9.17) is 5.73 Å². The smallest absolute Gasteiger partial charge is 0.146 e. The Morgan fingerprint density at radius 2 is 1.80 bits per heavy atom. The molecular formula is C16H18F2N2. The van der Waals surface area contributed by atoms with Crippen LogP contribution in [0.25, 0.3) is 0 Å². The maximum Gasteiger partial charge on any atom is 0.146 e. The highest BCUT2D eigenvalue weighted by atomic mass is 19.1. The lowest BCUT2D eigenvalue weighted by Crippen LogP contribution is -2.21. The molecule has 0 unspecified atom stereocenters. The third-order valence-electron chi connectivity index (χ3n) is 3.23. The zero-order valence-corrected chi connectivity index (χ0v) is 11.6. The molecule has 2 nitrogen and oxygen atoms in total. The van der Waals surface area contributed by atoms with E-state index in [2.05, 4.69) is 0 Å². The van der Waals surface area contributed by atoms with Gasteiger partial charge in [0.2, 0.25) is 0 Å². The molecule has 0 fully saturated rings. The molecule has 2 rings (SSSR count). The lowest BCUT2D eigenvalue weighted by atomic mass is 10.0. The maximum atomic E-state index is 14.0. The zero-order chi connectivity index (χ0) is 14.7. The Morgan fingerprint density at radius 1 is 1.10 bits per heavy atom. The van der Waals surface area contributed by atoms with Crippen LogP contribution in [-0.4, -0.2) is 6.54 Å². The highest BCUT2D eigenvalue weighted by Crippen LogP contribution is 2.33. The minimum Gasteiger partial charge on any atom is -0.339 e. The number of hydrogen-bond acceptors (Lipinski definition) is 2. The summed E-state index contributed by atoms with van der Waals surface area (Å²) in [6.45, 7) is 4.26. The van der Waals surface area contributed by atoms with Gasteiger partial charge in [-0.15, -0.1) is 0 Å². The predicted molar refractivity (Wildman–Crippen MR) is 78.1 cm³/mol. The van der Waals surface area contributed by atoms with Crippen molar-refractivity contribution in [1.82, 2.24) is 0 Å². The Bertz CT molecular complexity index is 597. The van der Waals surface area contributed by atoms with E-state index in [0.717, 1.165) is 5.69 Å². The summed E-state index contributed by atoms with van der Waals surface area (Å²) in [6, 6.07) is 10.6. The second-order valence-corrected chi connectivity index (χ2v) is 4.69. The molecule has 0 bridgehead atoms. The number of anilines is 2. The fourth-order valence-electron chi connectivity index (χ4n) is 2.28. The molecule has 0 saturated carbocycles. The molecule has 0 aliphatic heterocycles. The first-order valence-electron chi connectivity index (χ1n) is 6.61. The van der Waals surface area contributed by atoms with Crippen LogP contribution < -0.4 is 10.6 Å². The van der Waals surface area contributed by atoms with Crippen molar-refractivity contribution in [3.05, 3.63) is 59.7 Å². The number of para-hydroxylation sites is 1. The Hall–Kier alpha value is -1.94. The lowest BCUT2D eigenvalue weighted by Gasteiger charge is -2.27. The van der Waals surface area contributed by atoms with Gasteiger partial charge in [0.15, 0.2) is 0 Å².